The van der Waals surface area contributed by atoms with Gasteiger partial charge in [0.15, 0.2) is 6.29 Å². The molecular formula is C5H13NO2. The Morgan fingerprint density at radius 2 is 2.00 bits per heavy atom. The summed E-state index contributed by atoms with van der Waals surface area (Å²) in [6.07, 6.45) is 0.200. The van der Waals surface area contributed by atoms with Crippen LogP contribution in [0.1, 0.15) is 19.8 Å². The highest BCUT2D eigenvalue weighted by Gasteiger charge is 2.07. The number of nitrogens with two attached hydrogens (primary N) is 1. The van der Waals surface area contributed by atoms with Crippen LogP contribution in [0.25, 0.3) is 0 Å². The highest BCUT2D eigenvalue weighted by Crippen LogP contribution is 1.95. The first-order chi connectivity index (χ1) is 3.68. The molecule has 3 heteroatoms. The fraction of sp³-hybridized carbons (Fsp3) is 1.00. The summed E-state index contributed by atoms with van der Waals surface area (Å²) in [4.78, 5) is 0. The molecule has 0 fully saturated rings. The Morgan fingerprint density at radius 3 is 2.12 bits per heavy atom. The molecule has 4 N–H and O–H groups in total. The predicted molar refractivity (Wildman–Crippen MR) is 31.1 cm³/mol. The third kappa shape index (κ3) is 2.96. The van der Waals surface area contributed by atoms with Gasteiger partial charge in [0.05, 0.1) is 6.04 Å². The van der Waals surface area contributed by atoms with Gasteiger partial charge in [0.2, 0.25) is 0 Å². The number of aliphatic hydroxyl groups is 2. The molecule has 0 saturated heterocycles. The minimum atomic E-state index is -1.35. The first kappa shape index (κ1) is 7.88. The van der Waals surface area contributed by atoms with E-state index in [1.165, 1.54) is 0 Å². The van der Waals surface area contributed by atoms with Gasteiger partial charge in [-0.2, -0.15) is 0 Å². The third-order valence-electron chi connectivity index (χ3n) is 1.00. The van der Waals surface area contributed by atoms with Crippen molar-refractivity contribution in [2.24, 2.45) is 5.73 Å². The molecule has 50 valence electrons. The minimum Gasteiger partial charge on any atom is -0.367 e. The zero-order valence-corrected chi connectivity index (χ0v) is 5.04. The summed E-state index contributed by atoms with van der Waals surface area (Å²) in [6.45, 7) is 1.95. The molecule has 0 aromatic rings. The molecule has 0 aliphatic heterocycles. The van der Waals surface area contributed by atoms with Crippen LogP contribution in [-0.4, -0.2) is 22.5 Å². The SMILES string of the molecule is CCCC(N)C(O)O. The quantitative estimate of drug-likeness (QED) is 0.436. The smallest absolute Gasteiger partial charge is 0.166 e. The van der Waals surface area contributed by atoms with Crippen LogP contribution in [0.5, 0.6) is 0 Å². The second-order valence-corrected chi connectivity index (χ2v) is 1.87. The van der Waals surface area contributed by atoms with E-state index < -0.39 is 12.3 Å². The van der Waals surface area contributed by atoms with Crippen LogP contribution < -0.4 is 5.73 Å². The first-order valence-electron chi connectivity index (χ1n) is 2.80. The van der Waals surface area contributed by atoms with E-state index in [9.17, 15) is 0 Å². The van der Waals surface area contributed by atoms with Gasteiger partial charge >= 0.3 is 0 Å². The van der Waals surface area contributed by atoms with Crippen LogP contribution in [0.2, 0.25) is 0 Å². The zero-order valence-electron chi connectivity index (χ0n) is 5.04. The van der Waals surface area contributed by atoms with Crippen LogP contribution in [0, 0.1) is 0 Å². The molecule has 0 aromatic carbocycles. The Labute approximate surface area is 49.1 Å². The lowest BCUT2D eigenvalue weighted by Crippen LogP contribution is -2.33. The van der Waals surface area contributed by atoms with Gasteiger partial charge < -0.3 is 15.9 Å². The predicted octanol–water partition coefficient (Wildman–Crippen LogP) is -0.575. The third-order valence-corrected chi connectivity index (χ3v) is 1.00. The molecular weight excluding hydrogens is 106 g/mol. The summed E-state index contributed by atoms with van der Waals surface area (Å²) in [7, 11) is 0. The van der Waals surface area contributed by atoms with Gasteiger partial charge in [-0.05, 0) is 6.42 Å². The summed E-state index contributed by atoms with van der Waals surface area (Å²) in [5.41, 5.74) is 5.23. The molecule has 0 bridgehead atoms. The van der Waals surface area contributed by atoms with Crippen molar-refractivity contribution in [3.05, 3.63) is 0 Å². The van der Waals surface area contributed by atoms with Crippen LogP contribution in [-0.2, 0) is 0 Å². The summed E-state index contributed by atoms with van der Waals surface area (Å²) in [5, 5.41) is 16.8. The Bertz CT molecular complexity index is 56.4. The normalized spacial score (nSPS) is 14.6. The second-order valence-electron chi connectivity index (χ2n) is 1.87. The van der Waals surface area contributed by atoms with Crippen molar-refractivity contribution in [2.45, 2.75) is 32.1 Å². The molecule has 0 saturated carbocycles. The molecule has 0 aliphatic carbocycles. The van der Waals surface area contributed by atoms with Gasteiger partial charge in [-0.25, -0.2) is 0 Å². The van der Waals surface area contributed by atoms with E-state index in [0.717, 1.165) is 6.42 Å². The lowest BCUT2D eigenvalue weighted by molar-refractivity contribution is -0.0596. The van der Waals surface area contributed by atoms with Gasteiger partial charge in [-0.15, -0.1) is 0 Å². The fourth-order valence-electron chi connectivity index (χ4n) is 0.482. The van der Waals surface area contributed by atoms with Gasteiger partial charge in [0, 0.05) is 0 Å². The summed E-state index contributed by atoms with van der Waals surface area (Å²) < 4.78 is 0. The van der Waals surface area contributed by atoms with E-state index >= 15 is 0 Å². The van der Waals surface area contributed by atoms with Crippen LogP contribution in [0.3, 0.4) is 0 Å². The molecule has 0 aromatic heterocycles. The number of hydrogen-bond acceptors (Lipinski definition) is 3. The van der Waals surface area contributed by atoms with Crippen LogP contribution in [0.4, 0.5) is 0 Å². The van der Waals surface area contributed by atoms with E-state index in [-0.39, 0.29) is 0 Å². The Balaban J connectivity index is 3.17. The molecule has 3 nitrogen and oxygen atoms in total. The average Bonchev–Trinajstić information content (AvgIpc) is 1.67. The van der Waals surface area contributed by atoms with E-state index in [1.54, 1.807) is 0 Å². The van der Waals surface area contributed by atoms with Gasteiger partial charge in [0.25, 0.3) is 0 Å². The van der Waals surface area contributed by atoms with Crippen molar-refractivity contribution >= 4 is 0 Å². The highest BCUT2D eigenvalue weighted by atomic mass is 16.5. The monoisotopic (exact) mass is 119 g/mol. The molecule has 0 aliphatic rings. The molecule has 0 heterocycles. The molecule has 0 spiro atoms. The van der Waals surface area contributed by atoms with E-state index in [1.807, 2.05) is 6.92 Å². The number of aliphatic hydroxyl groups excluding tert-OH is 1. The average molecular weight is 119 g/mol. The highest BCUT2D eigenvalue weighted by molar-refractivity contribution is 4.60. The van der Waals surface area contributed by atoms with E-state index in [4.69, 9.17) is 15.9 Å². The largest absolute Gasteiger partial charge is 0.367 e. The fourth-order valence-corrected chi connectivity index (χ4v) is 0.482. The topological polar surface area (TPSA) is 66.5 Å². The van der Waals surface area contributed by atoms with E-state index in [2.05, 4.69) is 0 Å². The lowest BCUT2D eigenvalue weighted by Gasteiger charge is -2.10. The summed E-state index contributed by atoms with van der Waals surface area (Å²) in [6, 6.07) is -0.472. The number of rotatable bonds is 3. The lowest BCUT2D eigenvalue weighted by atomic mass is 10.2. The maximum atomic E-state index is 8.38. The molecule has 0 rings (SSSR count). The maximum Gasteiger partial charge on any atom is 0.166 e. The second kappa shape index (κ2) is 3.83. The molecule has 0 amide bonds. The van der Waals surface area contributed by atoms with Gasteiger partial charge in [-0.1, -0.05) is 13.3 Å². The van der Waals surface area contributed by atoms with Crippen molar-refractivity contribution < 1.29 is 10.2 Å². The van der Waals surface area contributed by atoms with Crippen molar-refractivity contribution in [1.82, 2.24) is 0 Å². The number of hydrogen-bond donors (Lipinski definition) is 3. The van der Waals surface area contributed by atoms with Gasteiger partial charge in [0.1, 0.15) is 0 Å². The Kier molecular flexibility index (Phi) is 3.77. The van der Waals surface area contributed by atoms with Crippen molar-refractivity contribution in [3.8, 4) is 0 Å². The molecule has 1 atom stereocenters. The molecule has 1 unspecified atom stereocenters. The Hall–Kier alpha value is -0.120. The minimum absolute atomic E-state index is 0.472. The molecule has 8 heavy (non-hydrogen) atoms. The van der Waals surface area contributed by atoms with E-state index in [0.29, 0.717) is 6.42 Å². The van der Waals surface area contributed by atoms with Crippen molar-refractivity contribution in [2.75, 3.05) is 0 Å². The standard InChI is InChI=1S/C5H13NO2/c1-2-3-4(6)5(7)8/h4-5,7-8H,2-3,6H2,1H3. The summed E-state index contributed by atoms with van der Waals surface area (Å²) in [5.74, 6) is 0. The summed E-state index contributed by atoms with van der Waals surface area (Å²) >= 11 is 0. The zero-order chi connectivity index (χ0) is 6.57. The Morgan fingerprint density at radius 1 is 1.50 bits per heavy atom. The van der Waals surface area contributed by atoms with Gasteiger partial charge in [-0.3, -0.25) is 0 Å². The van der Waals surface area contributed by atoms with Crippen molar-refractivity contribution in [3.63, 3.8) is 0 Å². The van der Waals surface area contributed by atoms with Crippen molar-refractivity contribution in [1.29, 1.82) is 0 Å². The molecule has 0 radical (unpaired) electrons. The van der Waals surface area contributed by atoms with Crippen LogP contribution >= 0.6 is 0 Å². The first-order valence-corrected chi connectivity index (χ1v) is 2.80. The van der Waals surface area contributed by atoms with Crippen LogP contribution in [0.15, 0.2) is 0 Å². The maximum absolute atomic E-state index is 8.38.